The van der Waals surface area contributed by atoms with Crippen molar-refractivity contribution in [1.29, 1.82) is 0 Å². The smallest absolute Gasteiger partial charge is 0.304 e. The van der Waals surface area contributed by atoms with Gasteiger partial charge in [0.2, 0.25) is 0 Å². The normalized spacial score (nSPS) is 16.4. The molecule has 0 aromatic heterocycles. The molecule has 0 bridgehead atoms. The number of aryl methyl sites for hydroxylation is 3. The number of hydrogen-bond donors (Lipinski definition) is 1. The fourth-order valence-electron chi connectivity index (χ4n) is 3.34. The van der Waals surface area contributed by atoms with Crippen molar-refractivity contribution >= 4 is 5.97 Å². The summed E-state index contributed by atoms with van der Waals surface area (Å²) in [6, 6.07) is 5.31. The second-order valence-corrected chi connectivity index (χ2v) is 6.10. The molecule has 0 spiro atoms. The van der Waals surface area contributed by atoms with E-state index in [9.17, 15) is 4.79 Å². The van der Waals surface area contributed by atoms with E-state index in [0.717, 1.165) is 0 Å². The maximum atomic E-state index is 10.9. The van der Waals surface area contributed by atoms with E-state index >= 15 is 0 Å². The molecule has 0 heterocycles. The number of carboxylic acids is 1. The molecule has 1 N–H and O–H groups in total. The van der Waals surface area contributed by atoms with Crippen LogP contribution in [0.25, 0.3) is 0 Å². The maximum absolute atomic E-state index is 10.9. The van der Waals surface area contributed by atoms with Crippen LogP contribution in [0.2, 0.25) is 0 Å². The molecule has 1 atom stereocenters. The lowest BCUT2D eigenvalue weighted by Crippen LogP contribution is -2.32. The number of carboxylic acid groups (broad SMARTS) is 1. The van der Waals surface area contributed by atoms with Crippen molar-refractivity contribution in [3.8, 4) is 0 Å². The lowest BCUT2D eigenvalue weighted by atomic mass is 9.94. The van der Waals surface area contributed by atoms with Crippen LogP contribution < -0.4 is 0 Å². The summed E-state index contributed by atoms with van der Waals surface area (Å²) in [4.78, 5) is 13.2. The predicted octanol–water partition coefficient (Wildman–Crippen LogP) is 3.61. The van der Waals surface area contributed by atoms with E-state index in [1.165, 1.54) is 35.1 Å². The Bertz CT molecular complexity index is 483. The molecule has 1 saturated carbocycles. The topological polar surface area (TPSA) is 40.5 Å². The number of hydrogen-bond acceptors (Lipinski definition) is 2. The van der Waals surface area contributed by atoms with Crippen molar-refractivity contribution in [2.75, 3.05) is 6.54 Å². The average molecular weight is 275 g/mol. The molecule has 3 nitrogen and oxygen atoms in total. The third kappa shape index (κ3) is 3.40. The summed E-state index contributed by atoms with van der Waals surface area (Å²) < 4.78 is 0. The summed E-state index contributed by atoms with van der Waals surface area (Å²) in [5, 5.41) is 8.94. The van der Waals surface area contributed by atoms with Crippen molar-refractivity contribution in [2.24, 2.45) is 0 Å². The number of nitrogens with zero attached hydrogens (tertiary/aromatic N) is 1. The first kappa shape index (κ1) is 15.0. The van der Waals surface area contributed by atoms with Crippen LogP contribution in [0, 0.1) is 20.8 Å². The maximum Gasteiger partial charge on any atom is 0.304 e. The van der Waals surface area contributed by atoms with Gasteiger partial charge in [0.05, 0.1) is 6.42 Å². The second kappa shape index (κ2) is 5.96. The molecule has 110 valence electrons. The largest absolute Gasteiger partial charge is 0.481 e. The van der Waals surface area contributed by atoms with Gasteiger partial charge in [0.1, 0.15) is 0 Å². The Morgan fingerprint density at radius 1 is 1.30 bits per heavy atom. The molecule has 20 heavy (non-hydrogen) atoms. The van der Waals surface area contributed by atoms with E-state index in [1.807, 2.05) is 0 Å². The van der Waals surface area contributed by atoms with Crippen LogP contribution >= 0.6 is 0 Å². The summed E-state index contributed by atoms with van der Waals surface area (Å²) >= 11 is 0. The Balaban J connectivity index is 2.23. The van der Waals surface area contributed by atoms with Gasteiger partial charge in [-0.15, -0.1) is 0 Å². The monoisotopic (exact) mass is 275 g/mol. The molecule has 1 aromatic carbocycles. The lowest BCUT2D eigenvalue weighted by molar-refractivity contribution is -0.137. The molecule has 0 aliphatic heterocycles. The SMILES string of the molecule is Cc1cc(C)c(C(C)N(CCC(=O)O)C2CC2)c(C)c1. The van der Waals surface area contributed by atoms with Crippen LogP contribution in [0.1, 0.15) is 54.5 Å². The molecular formula is C17H25NO2. The lowest BCUT2D eigenvalue weighted by Gasteiger charge is -2.31. The van der Waals surface area contributed by atoms with Gasteiger partial charge in [-0.1, -0.05) is 17.7 Å². The van der Waals surface area contributed by atoms with Crippen LogP contribution in [0.5, 0.6) is 0 Å². The molecule has 1 aliphatic rings. The zero-order valence-electron chi connectivity index (χ0n) is 12.9. The highest BCUT2D eigenvalue weighted by Gasteiger charge is 2.33. The first-order valence-corrected chi connectivity index (χ1v) is 7.45. The molecule has 3 heteroatoms. The van der Waals surface area contributed by atoms with E-state index in [2.05, 4.69) is 44.7 Å². The Labute approximate surface area is 121 Å². The van der Waals surface area contributed by atoms with Crippen molar-refractivity contribution < 1.29 is 9.90 Å². The minimum atomic E-state index is -0.708. The fraction of sp³-hybridized carbons (Fsp3) is 0.588. The highest BCUT2D eigenvalue weighted by molar-refractivity contribution is 5.66. The van der Waals surface area contributed by atoms with Gasteiger partial charge < -0.3 is 5.11 Å². The molecule has 0 amide bonds. The van der Waals surface area contributed by atoms with E-state index < -0.39 is 5.97 Å². The molecule has 1 aliphatic carbocycles. The van der Waals surface area contributed by atoms with Crippen LogP contribution in [-0.2, 0) is 4.79 Å². The Morgan fingerprint density at radius 3 is 2.30 bits per heavy atom. The van der Waals surface area contributed by atoms with Gasteiger partial charge in [0.25, 0.3) is 0 Å². The summed E-state index contributed by atoms with van der Waals surface area (Å²) in [5.41, 5.74) is 5.29. The molecule has 0 radical (unpaired) electrons. The quantitative estimate of drug-likeness (QED) is 0.862. The molecule has 0 saturated heterocycles. The minimum absolute atomic E-state index is 0.227. The van der Waals surface area contributed by atoms with Crippen molar-refractivity contribution in [3.05, 3.63) is 34.4 Å². The first-order valence-electron chi connectivity index (χ1n) is 7.45. The number of benzene rings is 1. The third-order valence-corrected chi connectivity index (χ3v) is 4.25. The Kier molecular flexibility index (Phi) is 4.48. The van der Waals surface area contributed by atoms with Gasteiger partial charge >= 0.3 is 5.97 Å². The van der Waals surface area contributed by atoms with E-state index in [-0.39, 0.29) is 6.42 Å². The van der Waals surface area contributed by atoms with Crippen LogP contribution in [0.15, 0.2) is 12.1 Å². The Morgan fingerprint density at radius 2 is 1.85 bits per heavy atom. The van der Waals surface area contributed by atoms with Gasteiger partial charge in [0, 0.05) is 18.6 Å². The van der Waals surface area contributed by atoms with Gasteiger partial charge in [-0.25, -0.2) is 0 Å². The summed E-state index contributed by atoms with van der Waals surface area (Å²) in [5.74, 6) is -0.708. The summed E-state index contributed by atoms with van der Waals surface area (Å²) in [6.07, 6.45) is 2.63. The summed E-state index contributed by atoms with van der Waals surface area (Å²) in [7, 11) is 0. The van der Waals surface area contributed by atoms with Crippen molar-refractivity contribution in [3.63, 3.8) is 0 Å². The van der Waals surface area contributed by atoms with Gasteiger partial charge in [-0.2, -0.15) is 0 Å². The van der Waals surface area contributed by atoms with Crippen molar-refractivity contribution in [2.45, 2.75) is 59.0 Å². The van der Waals surface area contributed by atoms with E-state index in [1.54, 1.807) is 0 Å². The zero-order chi connectivity index (χ0) is 14.9. The zero-order valence-corrected chi connectivity index (χ0v) is 12.9. The van der Waals surface area contributed by atoms with Crippen LogP contribution in [0.4, 0.5) is 0 Å². The van der Waals surface area contributed by atoms with Gasteiger partial charge in [0.15, 0.2) is 0 Å². The van der Waals surface area contributed by atoms with Crippen LogP contribution in [-0.4, -0.2) is 28.6 Å². The second-order valence-electron chi connectivity index (χ2n) is 6.10. The molecular weight excluding hydrogens is 250 g/mol. The number of carbonyl (C=O) groups is 1. The first-order chi connectivity index (χ1) is 9.40. The third-order valence-electron chi connectivity index (χ3n) is 4.25. The molecule has 1 aromatic rings. The minimum Gasteiger partial charge on any atom is -0.481 e. The molecule has 1 unspecified atom stereocenters. The highest BCUT2D eigenvalue weighted by Crippen LogP contribution is 2.36. The van der Waals surface area contributed by atoms with Gasteiger partial charge in [-0.05, 0) is 57.2 Å². The predicted molar refractivity (Wildman–Crippen MR) is 81.0 cm³/mol. The molecule has 1 fully saturated rings. The number of aliphatic carboxylic acids is 1. The number of rotatable bonds is 6. The van der Waals surface area contributed by atoms with Crippen LogP contribution in [0.3, 0.4) is 0 Å². The highest BCUT2D eigenvalue weighted by atomic mass is 16.4. The fourth-order valence-corrected chi connectivity index (χ4v) is 3.34. The van der Waals surface area contributed by atoms with E-state index in [0.29, 0.717) is 18.6 Å². The average Bonchev–Trinajstić information content (AvgIpc) is 3.11. The standard InChI is InChI=1S/C17H25NO2/c1-11-9-12(2)17(13(3)10-11)14(4)18(15-5-6-15)8-7-16(19)20/h9-10,14-15H,5-8H2,1-4H3,(H,19,20). The Hall–Kier alpha value is -1.35. The molecule has 2 rings (SSSR count). The summed E-state index contributed by atoms with van der Waals surface area (Å²) in [6.45, 7) is 9.30. The van der Waals surface area contributed by atoms with Crippen molar-refractivity contribution in [1.82, 2.24) is 4.90 Å². The van der Waals surface area contributed by atoms with Gasteiger partial charge in [-0.3, -0.25) is 9.69 Å². The van der Waals surface area contributed by atoms with E-state index in [4.69, 9.17) is 5.11 Å².